The van der Waals surface area contributed by atoms with Crippen LogP contribution in [0.1, 0.15) is 31.4 Å². The number of piperidine rings is 1. The highest BCUT2D eigenvalue weighted by Crippen LogP contribution is 2.37. The lowest BCUT2D eigenvalue weighted by Gasteiger charge is -2.39. The van der Waals surface area contributed by atoms with Gasteiger partial charge in [0, 0.05) is 37.4 Å². The summed E-state index contributed by atoms with van der Waals surface area (Å²) in [5, 5.41) is 0. The number of carbonyl (C=O) groups excluding carboxylic acids is 1. The number of H-pyrrole nitrogens is 1. The zero-order valence-electron chi connectivity index (χ0n) is 13.7. The summed E-state index contributed by atoms with van der Waals surface area (Å²) in [6.45, 7) is 2.50. The Morgan fingerprint density at radius 3 is 2.82 bits per heavy atom. The summed E-state index contributed by atoms with van der Waals surface area (Å²) >= 11 is 0. The minimum atomic E-state index is 0.0190. The van der Waals surface area contributed by atoms with Gasteiger partial charge >= 0.3 is 0 Å². The van der Waals surface area contributed by atoms with Crippen LogP contribution in [0.2, 0.25) is 0 Å². The number of nitrogens with zero attached hydrogens (tertiary/aromatic N) is 2. The molecule has 1 amide bonds. The molecule has 1 aromatic rings. The Balaban J connectivity index is 1.46. The Bertz CT molecular complexity index is 490. The van der Waals surface area contributed by atoms with E-state index in [1.54, 1.807) is 0 Å². The lowest BCUT2D eigenvalue weighted by atomic mass is 9.87. The molecule has 0 saturated carbocycles. The van der Waals surface area contributed by atoms with Crippen molar-refractivity contribution in [1.82, 2.24) is 14.8 Å². The molecule has 122 valence electrons. The third kappa shape index (κ3) is 3.36. The standard InChI is InChI=1S/C17H27N3O2/c1-19(2)15-12-17(22-13-15)7-10-20(11-8-17)16(21)6-5-14-4-3-9-18-14/h3-4,9,15,18H,5-8,10-13H2,1-2H3. The highest BCUT2D eigenvalue weighted by molar-refractivity contribution is 5.76. The van der Waals surface area contributed by atoms with Crippen LogP contribution in [0.3, 0.4) is 0 Å². The minimum absolute atomic E-state index is 0.0190. The van der Waals surface area contributed by atoms with Gasteiger partial charge in [-0.15, -0.1) is 0 Å². The average Bonchev–Trinajstić information content (AvgIpc) is 3.16. The van der Waals surface area contributed by atoms with Gasteiger partial charge in [0.25, 0.3) is 0 Å². The van der Waals surface area contributed by atoms with Crippen LogP contribution in [0.25, 0.3) is 0 Å². The highest BCUT2D eigenvalue weighted by atomic mass is 16.5. The summed E-state index contributed by atoms with van der Waals surface area (Å²) in [5.41, 5.74) is 1.15. The molecule has 1 N–H and O–H groups in total. The number of carbonyl (C=O) groups is 1. The molecule has 1 spiro atoms. The molecule has 1 unspecified atom stereocenters. The molecule has 0 radical (unpaired) electrons. The third-order valence-electron chi connectivity index (χ3n) is 5.22. The molecule has 22 heavy (non-hydrogen) atoms. The van der Waals surface area contributed by atoms with E-state index in [1.807, 2.05) is 23.2 Å². The molecule has 1 aromatic heterocycles. The zero-order chi connectivity index (χ0) is 15.6. The monoisotopic (exact) mass is 305 g/mol. The number of likely N-dealkylation sites (N-methyl/N-ethyl adjacent to an activating group) is 1. The number of hydrogen-bond donors (Lipinski definition) is 1. The number of aryl methyl sites for hydroxylation is 1. The molecular weight excluding hydrogens is 278 g/mol. The number of ether oxygens (including phenoxy) is 1. The number of aromatic nitrogens is 1. The Hall–Kier alpha value is -1.33. The lowest BCUT2D eigenvalue weighted by Crippen LogP contribution is -2.47. The van der Waals surface area contributed by atoms with E-state index in [-0.39, 0.29) is 11.5 Å². The Morgan fingerprint density at radius 2 is 2.23 bits per heavy atom. The van der Waals surface area contributed by atoms with Crippen LogP contribution in [0, 0.1) is 0 Å². The first-order valence-corrected chi connectivity index (χ1v) is 8.28. The molecule has 5 nitrogen and oxygen atoms in total. The van der Waals surface area contributed by atoms with Crippen molar-refractivity contribution in [2.45, 2.75) is 43.7 Å². The van der Waals surface area contributed by atoms with Crippen LogP contribution in [-0.2, 0) is 16.0 Å². The molecule has 0 aromatic carbocycles. The van der Waals surface area contributed by atoms with Crippen LogP contribution in [0.4, 0.5) is 0 Å². The number of amides is 1. The topological polar surface area (TPSA) is 48.6 Å². The fraction of sp³-hybridized carbons (Fsp3) is 0.706. The molecule has 3 rings (SSSR count). The Morgan fingerprint density at radius 1 is 1.45 bits per heavy atom. The van der Waals surface area contributed by atoms with Crippen LogP contribution in [0.15, 0.2) is 18.3 Å². The second-order valence-electron chi connectivity index (χ2n) is 6.89. The van der Waals surface area contributed by atoms with Crippen molar-refractivity contribution in [2.24, 2.45) is 0 Å². The van der Waals surface area contributed by atoms with Gasteiger partial charge in [0.1, 0.15) is 0 Å². The van der Waals surface area contributed by atoms with Gasteiger partial charge in [-0.25, -0.2) is 0 Å². The second-order valence-corrected chi connectivity index (χ2v) is 6.89. The summed E-state index contributed by atoms with van der Waals surface area (Å²) in [6.07, 6.45) is 6.35. The van der Waals surface area contributed by atoms with Crippen LogP contribution in [0.5, 0.6) is 0 Å². The van der Waals surface area contributed by atoms with Crippen molar-refractivity contribution in [3.8, 4) is 0 Å². The summed E-state index contributed by atoms with van der Waals surface area (Å²) in [5.74, 6) is 0.270. The number of nitrogens with one attached hydrogen (secondary N) is 1. The molecular formula is C17H27N3O2. The summed E-state index contributed by atoms with van der Waals surface area (Å²) in [4.78, 5) is 19.8. The number of hydrogen-bond acceptors (Lipinski definition) is 3. The largest absolute Gasteiger partial charge is 0.373 e. The molecule has 2 fully saturated rings. The average molecular weight is 305 g/mol. The van der Waals surface area contributed by atoms with Crippen molar-refractivity contribution >= 4 is 5.91 Å². The first kappa shape index (κ1) is 15.6. The molecule has 3 heterocycles. The van der Waals surface area contributed by atoms with Gasteiger partial charge in [-0.2, -0.15) is 0 Å². The van der Waals surface area contributed by atoms with E-state index in [0.717, 1.165) is 51.1 Å². The van der Waals surface area contributed by atoms with Crippen molar-refractivity contribution in [1.29, 1.82) is 0 Å². The van der Waals surface area contributed by atoms with Crippen molar-refractivity contribution in [2.75, 3.05) is 33.8 Å². The predicted molar refractivity (Wildman–Crippen MR) is 85.7 cm³/mol. The molecule has 2 aliphatic rings. The van der Waals surface area contributed by atoms with E-state index in [9.17, 15) is 4.79 Å². The molecule has 1 atom stereocenters. The predicted octanol–water partition coefficient (Wildman–Crippen LogP) is 1.66. The van der Waals surface area contributed by atoms with E-state index >= 15 is 0 Å². The van der Waals surface area contributed by atoms with E-state index in [1.165, 1.54) is 0 Å². The molecule has 0 bridgehead atoms. The lowest BCUT2D eigenvalue weighted by molar-refractivity contribution is -0.136. The minimum Gasteiger partial charge on any atom is -0.373 e. The SMILES string of the molecule is CN(C)C1COC2(CCN(C(=O)CCc3ccc[nH]3)CC2)C1. The van der Waals surface area contributed by atoms with Gasteiger partial charge < -0.3 is 19.5 Å². The Labute approximate surface area is 132 Å². The van der Waals surface area contributed by atoms with Gasteiger partial charge in [0.2, 0.25) is 5.91 Å². The number of rotatable bonds is 4. The second kappa shape index (κ2) is 6.42. The molecule has 2 aliphatic heterocycles. The first-order valence-electron chi connectivity index (χ1n) is 8.28. The van der Waals surface area contributed by atoms with Crippen molar-refractivity contribution in [3.05, 3.63) is 24.0 Å². The van der Waals surface area contributed by atoms with Gasteiger partial charge in [-0.3, -0.25) is 4.79 Å². The fourth-order valence-electron chi connectivity index (χ4n) is 3.59. The van der Waals surface area contributed by atoms with Crippen LogP contribution in [-0.4, -0.2) is 66.1 Å². The summed E-state index contributed by atoms with van der Waals surface area (Å²) in [7, 11) is 4.23. The maximum atomic E-state index is 12.3. The van der Waals surface area contributed by atoms with Gasteiger partial charge in [0.05, 0.1) is 12.2 Å². The number of aromatic amines is 1. The quantitative estimate of drug-likeness (QED) is 0.920. The number of likely N-dealkylation sites (tertiary alicyclic amines) is 1. The van der Waals surface area contributed by atoms with Gasteiger partial charge in [-0.1, -0.05) is 0 Å². The first-order chi connectivity index (χ1) is 10.6. The van der Waals surface area contributed by atoms with Crippen LogP contribution < -0.4 is 0 Å². The van der Waals surface area contributed by atoms with E-state index < -0.39 is 0 Å². The third-order valence-corrected chi connectivity index (χ3v) is 5.22. The summed E-state index contributed by atoms with van der Waals surface area (Å²) < 4.78 is 6.12. The Kier molecular flexibility index (Phi) is 4.54. The van der Waals surface area contributed by atoms with E-state index in [4.69, 9.17) is 4.74 Å². The smallest absolute Gasteiger partial charge is 0.222 e. The molecule has 0 aliphatic carbocycles. The summed E-state index contributed by atoms with van der Waals surface area (Å²) in [6, 6.07) is 4.53. The maximum absolute atomic E-state index is 12.3. The van der Waals surface area contributed by atoms with Gasteiger partial charge in [-0.05, 0) is 51.9 Å². The zero-order valence-corrected chi connectivity index (χ0v) is 13.7. The highest BCUT2D eigenvalue weighted by Gasteiger charge is 2.43. The maximum Gasteiger partial charge on any atom is 0.222 e. The molecule has 2 saturated heterocycles. The van der Waals surface area contributed by atoms with E-state index in [2.05, 4.69) is 24.0 Å². The van der Waals surface area contributed by atoms with Crippen molar-refractivity contribution in [3.63, 3.8) is 0 Å². The van der Waals surface area contributed by atoms with Crippen LogP contribution >= 0.6 is 0 Å². The van der Waals surface area contributed by atoms with E-state index in [0.29, 0.717) is 12.5 Å². The normalized spacial score (nSPS) is 24.3. The molecule has 5 heteroatoms. The van der Waals surface area contributed by atoms with Crippen molar-refractivity contribution < 1.29 is 9.53 Å². The van der Waals surface area contributed by atoms with Gasteiger partial charge in [0.15, 0.2) is 0 Å². The fourth-order valence-corrected chi connectivity index (χ4v) is 3.59.